The number of anilines is 1. The van der Waals surface area contributed by atoms with Crippen molar-refractivity contribution in [3.8, 4) is 5.75 Å². The quantitative estimate of drug-likeness (QED) is 0.462. The number of rotatable bonds is 10. The van der Waals surface area contributed by atoms with Gasteiger partial charge in [-0.3, -0.25) is 14.9 Å². The Balaban J connectivity index is 1.31. The largest absolute Gasteiger partial charge is 0.484 e. The fourth-order valence-electron chi connectivity index (χ4n) is 4.22. The molecule has 2 aromatic carbocycles. The van der Waals surface area contributed by atoms with E-state index in [0.29, 0.717) is 57.4 Å². The van der Waals surface area contributed by atoms with E-state index >= 15 is 0 Å². The first-order valence-electron chi connectivity index (χ1n) is 11.9. The minimum absolute atomic E-state index is 0.00659. The maximum Gasteiger partial charge on any atom is 0.260 e. The lowest BCUT2D eigenvalue weighted by Crippen LogP contribution is -2.43. The minimum atomic E-state index is -0.157. The van der Waals surface area contributed by atoms with Gasteiger partial charge in [0.1, 0.15) is 5.75 Å². The first kappa shape index (κ1) is 23.8. The molecule has 4 rings (SSSR count). The predicted molar refractivity (Wildman–Crippen MR) is 131 cm³/mol. The van der Waals surface area contributed by atoms with Gasteiger partial charge < -0.3 is 18.9 Å². The van der Waals surface area contributed by atoms with Gasteiger partial charge in [0.15, 0.2) is 6.61 Å². The Hall–Kier alpha value is -3.39. The van der Waals surface area contributed by atoms with Gasteiger partial charge in [-0.25, -0.2) is 4.98 Å². The van der Waals surface area contributed by atoms with Crippen LogP contribution in [-0.2, 0) is 20.9 Å². The topological polar surface area (TPSA) is 85.7 Å². The molecule has 0 aliphatic carbocycles. The van der Waals surface area contributed by atoms with Crippen molar-refractivity contribution in [1.82, 2.24) is 14.5 Å². The van der Waals surface area contributed by atoms with E-state index < -0.39 is 0 Å². The number of carbonyl (C=O) groups is 2. The van der Waals surface area contributed by atoms with Gasteiger partial charge in [-0.1, -0.05) is 30.3 Å². The summed E-state index contributed by atoms with van der Waals surface area (Å²) >= 11 is 0. The van der Waals surface area contributed by atoms with Crippen molar-refractivity contribution in [1.29, 1.82) is 0 Å². The second-order valence-corrected chi connectivity index (χ2v) is 8.37. The molecule has 0 radical (unpaired) electrons. The number of ether oxygens (including phenoxy) is 2. The van der Waals surface area contributed by atoms with Crippen LogP contribution in [0.15, 0.2) is 54.6 Å². The third kappa shape index (κ3) is 5.94. The molecule has 1 aliphatic rings. The predicted octanol–water partition coefficient (Wildman–Crippen LogP) is 3.72. The molecule has 3 aromatic rings. The summed E-state index contributed by atoms with van der Waals surface area (Å²) in [6, 6.07) is 17.2. The van der Waals surface area contributed by atoms with Gasteiger partial charge in [-0.05, 0) is 50.5 Å². The summed E-state index contributed by atoms with van der Waals surface area (Å²) in [4.78, 5) is 32.0. The zero-order valence-electron chi connectivity index (χ0n) is 19.6. The number of amides is 2. The van der Waals surface area contributed by atoms with Crippen LogP contribution in [0.3, 0.4) is 0 Å². The van der Waals surface area contributed by atoms with Crippen LogP contribution in [0, 0.1) is 5.92 Å². The van der Waals surface area contributed by atoms with E-state index in [2.05, 4.69) is 10.3 Å². The van der Waals surface area contributed by atoms with E-state index in [1.165, 1.54) is 0 Å². The van der Waals surface area contributed by atoms with Crippen molar-refractivity contribution in [3.63, 3.8) is 0 Å². The highest BCUT2D eigenvalue weighted by molar-refractivity contribution is 5.93. The summed E-state index contributed by atoms with van der Waals surface area (Å²) in [6.07, 6.45) is 2.07. The second-order valence-electron chi connectivity index (χ2n) is 8.37. The summed E-state index contributed by atoms with van der Waals surface area (Å²) in [7, 11) is 0. The zero-order valence-corrected chi connectivity index (χ0v) is 19.6. The lowest BCUT2D eigenvalue weighted by Gasteiger charge is -2.31. The van der Waals surface area contributed by atoms with Gasteiger partial charge >= 0.3 is 0 Å². The second kappa shape index (κ2) is 11.7. The van der Waals surface area contributed by atoms with Gasteiger partial charge in [0.05, 0.1) is 11.0 Å². The van der Waals surface area contributed by atoms with Crippen LogP contribution in [0.1, 0.15) is 26.2 Å². The van der Waals surface area contributed by atoms with Crippen molar-refractivity contribution >= 4 is 28.8 Å². The third-order valence-corrected chi connectivity index (χ3v) is 6.09. The number of fused-ring (bicyclic) bond motifs is 1. The van der Waals surface area contributed by atoms with Crippen LogP contribution < -0.4 is 10.1 Å². The molecule has 1 N–H and O–H groups in total. The van der Waals surface area contributed by atoms with Crippen molar-refractivity contribution < 1.29 is 19.1 Å². The molecule has 34 heavy (non-hydrogen) atoms. The van der Waals surface area contributed by atoms with Crippen LogP contribution in [0.5, 0.6) is 5.75 Å². The van der Waals surface area contributed by atoms with Crippen molar-refractivity contribution in [2.75, 3.05) is 38.2 Å². The molecule has 2 heterocycles. The number of carbonyl (C=O) groups excluding carboxylic acids is 2. The van der Waals surface area contributed by atoms with Crippen molar-refractivity contribution in [2.24, 2.45) is 5.92 Å². The molecule has 8 heteroatoms. The number of benzene rings is 2. The molecule has 0 spiro atoms. The molecule has 8 nitrogen and oxygen atoms in total. The van der Waals surface area contributed by atoms with Gasteiger partial charge in [0.2, 0.25) is 11.9 Å². The SMILES string of the molecule is CCOCCCn1c(NC(=O)C2CCN(C(=O)COc3ccccc3)CC2)nc2ccccc21. The van der Waals surface area contributed by atoms with Crippen LogP contribution in [0.2, 0.25) is 0 Å². The van der Waals surface area contributed by atoms with Gasteiger partial charge in [0, 0.05) is 38.8 Å². The van der Waals surface area contributed by atoms with E-state index in [9.17, 15) is 9.59 Å². The van der Waals surface area contributed by atoms with Gasteiger partial charge in [0.25, 0.3) is 5.91 Å². The maximum absolute atomic E-state index is 13.0. The van der Waals surface area contributed by atoms with E-state index in [-0.39, 0.29) is 24.3 Å². The number of para-hydroxylation sites is 3. The number of hydrogen-bond donors (Lipinski definition) is 1. The average molecular weight is 465 g/mol. The fourth-order valence-corrected chi connectivity index (χ4v) is 4.22. The summed E-state index contributed by atoms with van der Waals surface area (Å²) in [5.74, 6) is 0.982. The average Bonchev–Trinajstić information content (AvgIpc) is 3.22. The number of imidazole rings is 1. The Labute approximate surface area is 199 Å². The molecule has 0 unspecified atom stereocenters. The molecule has 0 saturated carbocycles. The Bertz CT molecular complexity index is 1090. The molecule has 2 amide bonds. The maximum atomic E-state index is 13.0. The number of nitrogens with zero attached hydrogens (tertiary/aromatic N) is 3. The lowest BCUT2D eigenvalue weighted by atomic mass is 9.96. The highest BCUT2D eigenvalue weighted by atomic mass is 16.5. The molecule has 0 atom stereocenters. The van der Waals surface area contributed by atoms with Crippen molar-refractivity contribution in [2.45, 2.75) is 32.7 Å². The molecule has 1 aromatic heterocycles. The molecular weight excluding hydrogens is 432 g/mol. The molecular formula is C26H32N4O4. The van der Waals surface area contributed by atoms with E-state index in [4.69, 9.17) is 9.47 Å². The van der Waals surface area contributed by atoms with E-state index in [1.807, 2.05) is 66.1 Å². The number of aromatic nitrogens is 2. The number of hydrogen-bond acceptors (Lipinski definition) is 5. The Morgan fingerprint density at radius 3 is 2.56 bits per heavy atom. The van der Waals surface area contributed by atoms with Crippen molar-refractivity contribution in [3.05, 3.63) is 54.6 Å². The minimum Gasteiger partial charge on any atom is -0.484 e. The van der Waals surface area contributed by atoms with Crippen LogP contribution in [0.25, 0.3) is 11.0 Å². The highest BCUT2D eigenvalue weighted by Gasteiger charge is 2.28. The first-order valence-corrected chi connectivity index (χ1v) is 11.9. The normalized spacial score (nSPS) is 14.3. The molecule has 1 aliphatic heterocycles. The number of nitrogens with one attached hydrogen (secondary N) is 1. The highest BCUT2D eigenvalue weighted by Crippen LogP contribution is 2.23. The molecule has 1 fully saturated rings. The lowest BCUT2D eigenvalue weighted by molar-refractivity contribution is -0.136. The Morgan fingerprint density at radius 1 is 1.06 bits per heavy atom. The standard InChI is InChI=1S/C26H32N4O4/c1-2-33-18-8-15-30-23-12-7-6-11-22(23)27-26(30)28-25(32)20-13-16-29(17-14-20)24(31)19-34-21-9-4-3-5-10-21/h3-7,9-12,20H,2,8,13-19H2,1H3,(H,27,28,32). The number of likely N-dealkylation sites (tertiary alicyclic amines) is 1. The van der Waals surface area contributed by atoms with Crippen LogP contribution in [-0.4, -0.2) is 59.2 Å². The number of piperidine rings is 1. The molecule has 180 valence electrons. The molecule has 0 bridgehead atoms. The first-order chi connectivity index (χ1) is 16.7. The Kier molecular flexibility index (Phi) is 8.14. The summed E-state index contributed by atoms with van der Waals surface area (Å²) in [5.41, 5.74) is 1.85. The smallest absolute Gasteiger partial charge is 0.260 e. The Morgan fingerprint density at radius 2 is 1.79 bits per heavy atom. The van der Waals surface area contributed by atoms with E-state index in [0.717, 1.165) is 17.5 Å². The summed E-state index contributed by atoms with van der Waals surface area (Å²) in [5, 5.41) is 3.05. The van der Waals surface area contributed by atoms with Crippen LogP contribution in [0.4, 0.5) is 5.95 Å². The monoisotopic (exact) mass is 464 g/mol. The summed E-state index contributed by atoms with van der Waals surface area (Å²) < 4.78 is 13.1. The van der Waals surface area contributed by atoms with Gasteiger partial charge in [-0.2, -0.15) is 0 Å². The number of aryl methyl sites for hydroxylation is 1. The van der Waals surface area contributed by atoms with Crippen LogP contribution >= 0.6 is 0 Å². The van der Waals surface area contributed by atoms with Gasteiger partial charge in [-0.15, -0.1) is 0 Å². The fraction of sp³-hybridized carbons (Fsp3) is 0.423. The van der Waals surface area contributed by atoms with E-state index in [1.54, 1.807) is 4.90 Å². The third-order valence-electron chi connectivity index (χ3n) is 6.09. The summed E-state index contributed by atoms with van der Waals surface area (Å²) in [6.45, 7) is 5.13. The molecule has 1 saturated heterocycles. The zero-order chi connectivity index (χ0) is 23.8.